The van der Waals surface area contributed by atoms with Crippen molar-refractivity contribution in [1.82, 2.24) is 4.98 Å². The Balaban J connectivity index is 1.89. The Bertz CT molecular complexity index is 654. The normalized spacial score (nSPS) is 10.6. The number of carbonyl (C=O) groups is 1. The number of amides is 1. The summed E-state index contributed by atoms with van der Waals surface area (Å²) in [5, 5.41) is 2.76. The van der Waals surface area contributed by atoms with Crippen LogP contribution in [0.25, 0.3) is 0 Å². The van der Waals surface area contributed by atoms with E-state index >= 15 is 0 Å². The van der Waals surface area contributed by atoms with E-state index in [0.29, 0.717) is 17.5 Å². The van der Waals surface area contributed by atoms with Crippen LogP contribution in [0.1, 0.15) is 30.9 Å². The molecule has 0 fully saturated rings. The molecule has 2 rings (SSSR count). The number of aryl methyl sites for hydroxylation is 1. The standard InChI is InChI=1S/C17H19IN2O2/c1-11(2)13-4-6-15(7-5-13)22-10-16(21)20-17-12(3)8-14(18)9-19-17/h4-9,11H,10H2,1-3H3,(H,19,20,21). The second kappa shape index (κ2) is 7.58. The third-order valence-electron chi connectivity index (χ3n) is 3.22. The van der Waals surface area contributed by atoms with E-state index in [0.717, 1.165) is 9.13 Å². The van der Waals surface area contributed by atoms with E-state index in [9.17, 15) is 4.79 Å². The molecule has 1 heterocycles. The van der Waals surface area contributed by atoms with Gasteiger partial charge in [0.1, 0.15) is 11.6 Å². The van der Waals surface area contributed by atoms with E-state index in [-0.39, 0.29) is 12.5 Å². The lowest BCUT2D eigenvalue weighted by molar-refractivity contribution is -0.118. The summed E-state index contributed by atoms with van der Waals surface area (Å²) >= 11 is 2.19. The highest BCUT2D eigenvalue weighted by Gasteiger charge is 2.07. The fraction of sp³-hybridized carbons (Fsp3) is 0.294. The number of hydrogen-bond acceptors (Lipinski definition) is 3. The number of halogens is 1. The number of hydrogen-bond donors (Lipinski definition) is 1. The average molecular weight is 410 g/mol. The lowest BCUT2D eigenvalue weighted by atomic mass is 10.0. The zero-order valence-electron chi connectivity index (χ0n) is 12.9. The Hall–Kier alpha value is -1.63. The average Bonchev–Trinajstić information content (AvgIpc) is 2.48. The van der Waals surface area contributed by atoms with Crippen molar-refractivity contribution in [2.45, 2.75) is 26.7 Å². The summed E-state index contributed by atoms with van der Waals surface area (Å²) in [6, 6.07) is 9.77. The molecular weight excluding hydrogens is 391 g/mol. The van der Waals surface area contributed by atoms with E-state index in [1.807, 2.05) is 37.3 Å². The van der Waals surface area contributed by atoms with E-state index < -0.39 is 0 Å². The third-order valence-corrected chi connectivity index (χ3v) is 3.81. The lowest BCUT2D eigenvalue weighted by Crippen LogP contribution is -2.21. The summed E-state index contributed by atoms with van der Waals surface area (Å²) in [5.41, 5.74) is 2.18. The highest BCUT2D eigenvalue weighted by atomic mass is 127. The predicted molar refractivity (Wildman–Crippen MR) is 96.3 cm³/mol. The van der Waals surface area contributed by atoms with Crippen molar-refractivity contribution in [2.24, 2.45) is 0 Å². The molecule has 0 spiro atoms. The number of anilines is 1. The molecule has 22 heavy (non-hydrogen) atoms. The molecule has 5 heteroatoms. The molecule has 4 nitrogen and oxygen atoms in total. The highest BCUT2D eigenvalue weighted by molar-refractivity contribution is 14.1. The smallest absolute Gasteiger partial charge is 0.263 e. The predicted octanol–water partition coefficient (Wildman–Crippen LogP) is 4.14. The van der Waals surface area contributed by atoms with Gasteiger partial charge in [-0.25, -0.2) is 4.98 Å². The van der Waals surface area contributed by atoms with Gasteiger partial charge in [0.2, 0.25) is 0 Å². The Kier molecular flexibility index (Phi) is 5.76. The monoisotopic (exact) mass is 410 g/mol. The number of rotatable bonds is 5. The molecule has 1 N–H and O–H groups in total. The molecule has 0 radical (unpaired) electrons. The molecule has 0 aliphatic rings. The van der Waals surface area contributed by atoms with Crippen molar-refractivity contribution >= 4 is 34.3 Å². The molecule has 116 valence electrons. The summed E-state index contributed by atoms with van der Waals surface area (Å²) in [4.78, 5) is 16.1. The first-order valence-electron chi connectivity index (χ1n) is 7.10. The molecule has 1 aromatic heterocycles. The van der Waals surface area contributed by atoms with Crippen molar-refractivity contribution in [2.75, 3.05) is 11.9 Å². The fourth-order valence-electron chi connectivity index (χ4n) is 1.94. The summed E-state index contributed by atoms with van der Waals surface area (Å²) < 4.78 is 6.53. The zero-order chi connectivity index (χ0) is 16.1. The maximum Gasteiger partial charge on any atom is 0.263 e. The van der Waals surface area contributed by atoms with Gasteiger partial charge >= 0.3 is 0 Å². The number of carbonyl (C=O) groups excluding carboxylic acids is 1. The number of benzene rings is 1. The zero-order valence-corrected chi connectivity index (χ0v) is 15.0. The van der Waals surface area contributed by atoms with Gasteiger partial charge in [-0.2, -0.15) is 0 Å². The van der Waals surface area contributed by atoms with E-state index in [1.54, 1.807) is 6.20 Å². The van der Waals surface area contributed by atoms with Gasteiger partial charge in [0.15, 0.2) is 6.61 Å². The van der Waals surface area contributed by atoms with Crippen LogP contribution < -0.4 is 10.1 Å². The van der Waals surface area contributed by atoms with Crippen molar-refractivity contribution in [3.8, 4) is 5.75 Å². The number of nitrogens with one attached hydrogen (secondary N) is 1. The van der Waals surface area contributed by atoms with Crippen LogP contribution in [-0.4, -0.2) is 17.5 Å². The van der Waals surface area contributed by atoms with Crippen LogP contribution in [0.3, 0.4) is 0 Å². The van der Waals surface area contributed by atoms with Crippen molar-refractivity contribution in [3.63, 3.8) is 0 Å². The lowest BCUT2D eigenvalue weighted by Gasteiger charge is -2.10. The number of ether oxygens (including phenoxy) is 1. The van der Waals surface area contributed by atoms with Crippen LogP contribution >= 0.6 is 22.6 Å². The van der Waals surface area contributed by atoms with Gasteiger partial charge in [-0.1, -0.05) is 26.0 Å². The first kappa shape index (κ1) is 16.7. The second-order valence-corrected chi connectivity index (χ2v) is 6.63. The molecule has 0 saturated carbocycles. The van der Waals surface area contributed by atoms with Gasteiger partial charge in [0.05, 0.1) is 0 Å². The summed E-state index contributed by atoms with van der Waals surface area (Å²) in [5.74, 6) is 1.52. The van der Waals surface area contributed by atoms with Gasteiger partial charge in [0.25, 0.3) is 5.91 Å². The van der Waals surface area contributed by atoms with Crippen LogP contribution in [-0.2, 0) is 4.79 Å². The third kappa shape index (κ3) is 4.69. The molecule has 1 aromatic carbocycles. The molecule has 0 unspecified atom stereocenters. The van der Waals surface area contributed by atoms with Gasteiger partial charge in [-0.05, 0) is 64.8 Å². The molecule has 0 aliphatic heterocycles. The minimum atomic E-state index is -0.218. The SMILES string of the molecule is Cc1cc(I)cnc1NC(=O)COc1ccc(C(C)C)cc1. The largest absolute Gasteiger partial charge is 0.484 e. The van der Waals surface area contributed by atoms with E-state index in [4.69, 9.17) is 4.74 Å². The Labute approximate surface area is 144 Å². The summed E-state index contributed by atoms with van der Waals surface area (Å²) in [6.45, 7) is 6.16. The van der Waals surface area contributed by atoms with Gasteiger partial charge in [-0.3, -0.25) is 4.79 Å². The Morgan fingerprint density at radius 3 is 2.59 bits per heavy atom. The molecular formula is C17H19IN2O2. The molecule has 0 bridgehead atoms. The van der Waals surface area contributed by atoms with Gasteiger partial charge < -0.3 is 10.1 Å². The quantitative estimate of drug-likeness (QED) is 0.755. The molecule has 0 atom stereocenters. The van der Waals surface area contributed by atoms with Crippen molar-refractivity contribution in [3.05, 3.63) is 51.2 Å². The highest BCUT2D eigenvalue weighted by Crippen LogP contribution is 2.19. The van der Waals surface area contributed by atoms with Crippen LogP contribution in [0.4, 0.5) is 5.82 Å². The van der Waals surface area contributed by atoms with E-state index in [1.165, 1.54) is 5.56 Å². The maximum atomic E-state index is 11.9. The van der Waals surface area contributed by atoms with Crippen LogP contribution in [0.2, 0.25) is 0 Å². The first-order chi connectivity index (χ1) is 10.5. The maximum absolute atomic E-state index is 11.9. The minimum absolute atomic E-state index is 0.0336. The fourth-order valence-corrected chi connectivity index (χ4v) is 2.54. The number of nitrogens with zero attached hydrogens (tertiary/aromatic N) is 1. The topological polar surface area (TPSA) is 51.2 Å². The van der Waals surface area contributed by atoms with Crippen LogP contribution in [0.15, 0.2) is 36.5 Å². The van der Waals surface area contributed by atoms with Gasteiger partial charge in [-0.15, -0.1) is 0 Å². The summed E-state index contributed by atoms with van der Waals surface area (Å²) in [6.07, 6.45) is 1.72. The second-order valence-electron chi connectivity index (χ2n) is 5.38. The van der Waals surface area contributed by atoms with Crippen molar-refractivity contribution < 1.29 is 9.53 Å². The molecule has 2 aromatic rings. The molecule has 1 amide bonds. The minimum Gasteiger partial charge on any atom is -0.484 e. The van der Waals surface area contributed by atoms with Crippen molar-refractivity contribution in [1.29, 1.82) is 0 Å². The van der Waals surface area contributed by atoms with Crippen LogP contribution in [0.5, 0.6) is 5.75 Å². The molecule has 0 saturated heterocycles. The van der Waals surface area contributed by atoms with E-state index in [2.05, 4.69) is 46.7 Å². The van der Waals surface area contributed by atoms with Crippen LogP contribution in [0, 0.1) is 10.5 Å². The molecule has 0 aliphatic carbocycles. The number of pyridine rings is 1. The Morgan fingerprint density at radius 1 is 1.32 bits per heavy atom. The number of aromatic nitrogens is 1. The Morgan fingerprint density at radius 2 is 2.00 bits per heavy atom. The first-order valence-corrected chi connectivity index (χ1v) is 8.18. The summed E-state index contributed by atoms with van der Waals surface area (Å²) in [7, 11) is 0. The van der Waals surface area contributed by atoms with Gasteiger partial charge in [0, 0.05) is 9.77 Å².